The predicted octanol–water partition coefficient (Wildman–Crippen LogP) is 4.78. The first-order valence-electron chi connectivity index (χ1n) is 11.0. The molecule has 0 atom stereocenters. The number of benzene rings is 2. The molecule has 4 aromatic rings. The Hall–Kier alpha value is -3.21. The van der Waals surface area contributed by atoms with Crippen molar-refractivity contribution < 1.29 is 0 Å². The molecule has 3 heterocycles. The van der Waals surface area contributed by atoms with Crippen LogP contribution in [0.1, 0.15) is 22.9 Å². The van der Waals surface area contributed by atoms with Gasteiger partial charge in [-0.15, -0.1) is 0 Å². The zero-order valence-corrected chi connectivity index (χ0v) is 17.7. The summed E-state index contributed by atoms with van der Waals surface area (Å²) in [6.07, 6.45) is 5.87. The van der Waals surface area contributed by atoms with Gasteiger partial charge in [0.05, 0.1) is 17.9 Å². The molecule has 31 heavy (non-hydrogen) atoms. The standard InChI is InChI=1S/C27H28N4/c1-3-9-23(10-4-1)27(24-11-5-2-6-12-24)30-19-17-29(18-20-30)22-26-14-8-16-31(26)25-13-7-15-28-21-25/h1-16,21,27H,17-20,22H2. The lowest BCUT2D eigenvalue weighted by atomic mass is 9.96. The summed E-state index contributed by atoms with van der Waals surface area (Å²) in [5.41, 5.74) is 5.17. The van der Waals surface area contributed by atoms with E-state index in [1.165, 1.54) is 16.8 Å². The summed E-state index contributed by atoms with van der Waals surface area (Å²) in [4.78, 5) is 9.46. The van der Waals surface area contributed by atoms with Crippen LogP contribution in [0.25, 0.3) is 5.69 Å². The average Bonchev–Trinajstić information content (AvgIpc) is 3.30. The Morgan fingerprint density at radius 3 is 2.00 bits per heavy atom. The SMILES string of the molecule is c1ccc(C(c2ccccc2)N2CCN(Cc3cccn3-c3cccnc3)CC2)cc1. The van der Waals surface area contributed by atoms with E-state index in [0.717, 1.165) is 38.4 Å². The molecule has 1 aliphatic rings. The summed E-state index contributed by atoms with van der Waals surface area (Å²) in [7, 11) is 0. The molecule has 4 nitrogen and oxygen atoms in total. The fraction of sp³-hybridized carbons (Fsp3) is 0.222. The van der Waals surface area contributed by atoms with E-state index in [0.29, 0.717) is 6.04 Å². The minimum Gasteiger partial charge on any atom is -0.318 e. The van der Waals surface area contributed by atoms with Crippen molar-refractivity contribution in [3.05, 3.63) is 120 Å². The van der Waals surface area contributed by atoms with Gasteiger partial charge < -0.3 is 4.57 Å². The summed E-state index contributed by atoms with van der Waals surface area (Å²) >= 11 is 0. The highest BCUT2D eigenvalue weighted by atomic mass is 15.3. The molecule has 0 aliphatic carbocycles. The van der Waals surface area contributed by atoms with Crippen molar-refractivity contribution in [1.82, 2.24) is 19.4 Å². The highest BCUT2D eigenvalue weighted by molar-refractivity contribution is 5.33. The molecule has 4 heteroatoms. The van der Waals surface area contributed by atoms with E-state index >= 15 is 0 Å². The molecule has 0 unspecified atom stereocenters. The Kier molecular flexibility index (Phi) is 5.92. The van der Waals surface area contributed by atoms with E-state index in [2.05, 4.69) is 104 Å². The lowest BCUT2D eigenvalue weighted by Gasteiger charge is -2.40. The average molecular weight is 409 g/mol. The zero-order valence-electron chi connectivity index (χ0n) is 17.7. The van der Waals surface area contributed by atoms with Crippen molar-refractivity contribution in [3.8, 4) is 5.69 Å². The normalized spacial score (nSPS) is 15.4. The number of hydrogen-bond acceptors (Lipinski definition) is 3. The summed E-state index contributed by atoms with van der Waals surface area (Å²) in [5.74, 6) is 0. The first-order valence-corrected chi connectivity index (χ1v) is 11.0. The van der Waals surface area contributed by atoms with Crippen molar-refractivity contribution in [2.45, 2.75) is 12.6 Å². The van der Waals surface area contributed by atoms with Gasteiger partial charge in [-0.1, -0.05) is 60.7 Å². The Morgan fingerprint density at radius 1 is 0.710 bits per heavy atom. The van der Waals surface area contributed by atoms with Crippen LogP contribution in [0.15, 0.2) is 104 Å². The molecule has 1 aliphatic heterocycles. The highest BCUT2D eigenvalue weighted by Crippen LogP contribution is 2.29. The first kappa shape index (κ1) is 19.7. The maximum atomic E-state index is 4.27. The monoisotopic (exact) mass is 408 g/mol. The zero-order chi connectivity index (χ0) is 20.9. The van der Waals surface area contributed by atoms with Crippen molar-refractivity contribution in [3.63, 3.8) is 0 Å². The van der Waals surface area contributed by atoms with Crippen molar-refractivity contribution in [1.29, 1.82) is 0 Å². The van der Waals surface area contributed by atoms with Crippen LogP contribution in [0.4, 0.5) is 0 Å². The molecule has 156 valence electrons. The Bertz CT molecular complexity index is 1030. The lowest BCUT2D eigenvalue weighted by Crippen LogP contribution is -2.47. The van der Waals surface area contributed by atoms with Gasteiger partial charge in [0.25, 0.3) is 0 Å². The third-order valence-electron chi connectivity index (χ3n) is 6.15. The number of aromatic nitrogens is 2. The predicted molar refractivity (Wildman–Crippen MR) is 125 cm³/mol. The Morgan fingerprint density at radius 2 is 1.39 bits per heavy atom. The van der Waals surface area contributed by atoms with E-state index in [1.807, 2.05) is 18.5 Å². The molecule has 0 saturated carbocycles. The number of nitrogens with zero attached hydrogens (tertiary/aromatic N) is 4. The van der Waals surface area contributed by atoms with Gasteiger partial charge in [0, 0.05) is 50.8 Å². The molecule has 1 saturated heterocycles. The Labute approximate surface area is 184 Å². The highest BCUT2D eigenvalue weighted by Gasteiger charge is 2.26. The molecular weight excluding hydrogens is 380 g/mol. The topological polar surface area (TPSA) is 24.3 Å². The molecule has 0 bridgehead atoms. The van der Waals surface area contributed by atoms with E-state index in [1.54, 1.807) is 0 Å². The number of hydrogen-bond donors (Lipinski definition) is 0. The molecule has 5 rings (SSSR count). The van der Waals surface area contributed by atoms with Gasteiger partial charge in [0.15, 0.2) is 0 Å². The molecule has 0 radical (unpaired) electrons. The van der Waals surface area contributed by atoms with Gasteiger partial charge in [-0.05, 0) is 35.4 Å². The fourth-order valence-corrected chi connectivity index (χ4v) is 4.59. The van der Waals surface area contributed by atoms with E-state index < -0.39 is 0 Å². The third kappa shape index (κ3) is 4.46. The van der Waals surface area contributed by atoms with Gasteiger partial charge in [-0.3, -0.25) is 14.8 Å². The summed E-state index contributed by atoms with van der Waals surface area (Å²) in [6.45, 7) is 5.20. The van der Waals surface area contributed by atoms with Gasteiger partial charge >= 0.3 is 0 Å². The van der Waals surface area contributed by atoms with Gasteiger partial charge in [0.2, 0.25) is 0 Å². The van der Waals surface area contributed by atoms with Crippen molar-refractivity contribution in [2.24, 2.45) is 0 Å². The summed E-state index contributed by atoms with van der Waals surface area (Å²) in [6, 6.07) is 30.6. The maximum Gasteiger partial charge on any atom is 0.0636 e. The molecule has 2 aromatic carbocycles. The molecule has 0 spiro atoms. The smallest absolute Gasteiger partial charge is 0.0636 e. The van der Waals surface area contributed by atoms with Crippen LogP contribution in [0, 0.1) is 0 Å². The van der Waals surface area contributed by atoms with Gasteiger partial charge in [-0.25, -0.2) is 0 Å². The summed E-state index contributed by atoms with van der Waals surface area (Å²) < 4.78 is 2.25. The quantitative estimate of drug-likeness (QED) is 0.459. The van der Waals surface area contributed by atoms with Crippen LogP contribution in [0.5, 0.6) is 0 Å². The minimum atomic E-state index is 0.309. The van der Waals surface area contributed by atoms with Crippen molar-refractivity contribution >= 4 is 0 Å². The summed E-state index contributed by atoms with van der Waals surface area (Å²) in [5, 5.41) is 0. The lowest BCUT2D eigenvalue weighted by molar-refractivity contribution is 0.103. The van der Waals surface area contributed by atoms with Gasteiger partial charge in [-0.2, -0.15) is 0 Å². The molecule has 1 fully saturated rings. The largest absolute Gasteiger partial charge is 0.318 e. The number of piperazine rings is 1. The molecule has 0 N–H and O–H groups in total. The first-order chi connectivity index (χ1) is 15.4. The van der Waals surface area contributed by atoms with Crippen molar-refractivity contribution in [2.75, 3.05) is 26.2 Å². The minimum absolute atomic E-state index is 0.309. The van der Waals surface area contributed by atoms with E-state index in [4.69, 9.17) is 0 Å². The third-order valence-corrected chi connectivity index (χ3v) is 6.15. The van der Waals surface area contributed by atoms with Crippen LogP contribution < -0.4 is 0 Å². The second-order valence-electron chi connectivity index (χ2n) is 8.12. The fourth-order valence-electron chi connectivity index (χ4n) is 4.59. The number of pyridine rings is 1. The van der Waals surface area contributed by atoms with Crippen LogP contribution in [0.3, 0.4) is 0 Å². The Balaban J connectivity index is 1.29. The molecular formula is C27H28N4. The second kappa shape index (κ2) is 9.29. The number of rotatable bonds is 6. The van der Waals surface area contributed by atoms with E-state index in [-0.39, 0.29) is 0 Å². The van der Waals surface area contributed by atoms with Crippen LogP contribution in [-0.4, -0.2) is 45.5 Å². The van der Waals surface area contributed by atoms with E-state index in [9.17, 15) is 0 Å². The van der Waals surface area contributed by atoms with Crippen LogP contribution in [-0.2, 0) is 6.54 Å². The second-order valence-corrected chi connectivity index (χ2v) is 8.12. The van der Waals surface area contributed by atoms with Gasteiger partial charge in [0.1, 0.15) is 0 Å². The van der Waals surface area contributed by atoms with Crippen LogP contribution in [0.2, 0.25) is 0 Å². The van der Waals surface area contributed by atoms with Crippen LogP contribution >= 0.6 is 0 Å². The maximum absolute atomic E-state index is 4.27. The molecule has 2 aromatic heterocycles. The molecule has 0 amide bonds.